The van der Waals surface area contributed by atoms with Crippen molar-refractivity contribution in [3.05, 3.63) is 96.4 Å². The lowest BCUT2D eigenvalue weighted by Crippen LogP contribution is -2.26. The lowest BCUT2D eigenvalue weighted by atomic mass is 10.1. The van der Waals surface area contributed by atoms with Crippen molar-refractivity contribution >= 4 is 28.4 Å². The minimum Gasteiger partial charge on any atom is -0.350 e. The van der Waals surface area contributed by atoms with E-state index < -0.39 is 0 Å². The van der Waals surface area contributed by atoms with E-state index >= 15 is 0 Å². The van der Waals surface area contributed by atoms with Gasteiger partial charge in [-0.15, -0.1) is 0 Å². The third-order valence-corrected chi connectivity index (χ3v) is 4.64. The second-order valence-corrected chi connectivity index (χ2v) is 6.67. The standard InChI is InChI=1S/C23H20N4O2/c28-22(16-27-14-11-18-3-1-2-4-21(18)27)25-15-17-5-7-19(8-6-17)23(29)26-20-9-12-24-13-10-20/h1-14H,15-16H2,(H,25,28)(H,24,26,29). The summed E-state index contributed by atoms with van der Waals surface area (Å²) in [7, 11) is 0. The maximum absolute atomic E-state index is 12.3. The Balaban J connectivity index is 1.32. The van der Waals surface area contributed by atoms with E-state index in [4.69, 9.17) is 0 Å². The fourth-order valence-electron chi connectivity index (χ4n) is 3.10. The zero-order valence-electron chi connectivity index (χ0n) is 15.7. The number of nitrogens with one attached hydrogen (secondary N) is 2. The van der Waals surface area contributed by atoms with Gasteiger partial charge in [-0.05, 0) is 47.3 Å². The third-order valence-electron chi connectivity index (χ3n) is 4.64. The summed E-state index contributed by atoms with van der Waals surface area (Å²) in [4.78, 5) is 28.5. The molecule has 0 aliphatic heterocycles. The van der Waals surface area contributed by atoms with Crippen LogP contribution >= 0.6 is 0 Å². The van der Waals surface area contributed by atoms with Crippen LogP contribution in [-0.2, 0) is 17.9 Å². The lowest BCUT2D eigenvalue weighted by Gasteiger charge is -2.09. The molecule has 2 aromatic heterocycles. The highest BCUT2D eigenvalue weighted by Gasteiger charge is 2.08. The van der Waals surface area contributed by atoms with Crippen molar-refractivity contribution in [3.63, 3.8) is 0 Å². The monoisotopic (exact) mass is 384 g/mol. The molecule has 0 spiro atoms. The van der Waals surface area contributed by atoms with Crippen LogP contribution in [0.3, 0.4) is 0 Å². The van der Waals surface area contributed by atoms with Gasteiger partial charge >= 0.3 is 0 Å². The molecule has 0 aliphatic carbocycles. The largest absolute Gasteiger partial charge is 0.350 e. The minimum absolute atomic E-state index is 0.0640. The number of benzene rings is 2. The van der Waals surface area contributed by atoms with Gasteiger partial charge in [-0.2, -0.15) is 0 Å². The number of anilines is 1. The lowest BCUT2D eigenvalue weighted by molar-refractivity contribution is -0.121. The number of aromatic nitrogens is 2. The zero-order chi connectivity index (χ0) is 20.1. The van der Waals surface area contributed by atoms with Crippen LogP contribution in [0.5, 0.6) is 0 Å². The molecule has 6 nitrogen and oxygen atoms in total. The summed E-state index contributed by atoms with van der Waals surface area (Å²) in [5.74, 6) is -0.253. The van der Waals surface area contributed by atoms with Crippen molar-refractivity contribution in [2.75, 3.05) is 5.32 Å². The molecule has 0 fully saturated rings. The molecular formula is C23H20N4O2. The maximum Gasteiger partial charge on any atom is 0.255 e. The summed E-state index contributed by atoms with van der Waals surface area (Å²) >= 11 is 0. The van der Waals surface area contributed by atoms with Crippen LogP contribution in [0, 0.1) is 0 Å². The van der Waals surface area contributed by atoms with E-state index in [-0.39, 0.29) is 18.4 Å². The fourth-order valence-corrected chi connectivity index (χ4v) is 3.10. The predicted octanol–water partition coefficient (Wildman–Crippen LogP) is 3.61. The van der Waals surface area contributed by atoms with Gasteiger partial charge in [0.1, 0.15) is 6.54 Å². The van der Waals surface area contributed by atoms with Crippen molar-refractivity contribution < 1.29 is 9.59 Å². The summed E-state index contributed by atoms with van der Waals surface area (Å²) in [6.45, 7) is 0.671. The molecule has 4 aromatic rings. The van der Waals surface area contributed by atoms with Crippen LogP contribution in [0.2, 0.25) is 0 Å². The van der Waals surface area contributed by atoms with E-state index in [0.717, 1.165) is 16.5 Å². The first-order valence-corrected chi connectivity index (χ1v) is 9.30. The molecule has 2 N–H and O–H groups in total. The average molecular weight is 384 g/mol. The Morgan fingerprint density at radius 3 is 2.45 bits per heavy atom. The summed E-state index contributed by atoms with van der Waals surface area (Å²) < 4.78 is 1.93. The number of carbonyl (C=O) groups is 2. The Morgan fingerprint density at radius 2 is 1.66 bits per heavy atom. The first-order chi connectivity index (χ1) is 14.2. The molecule has 0 saturated heterocycles. The van der Waals surface area contributed by atoms with E-state index in [2.05, 4.69) is 15.6 Å². The predicted molar refractivity (Wildman–Crippen MR) is 112 cm³/mol. The highest BCUT2D eigenvalue weighted by molar-refractivity contribution is 6.04. The van der Waals surface area contributed by atoms with E-state index in [1.54, 1.807) is 36.7 Å². The number of hydrogen-bond donors (Lipinski definition) is 2. The number of fused-ring (bicyclic) bond motifs is 1. The van der Waals surface area contributed by atoms with Crippen LogP contribution in [0.1, 0.15) is 15.9 Å². The molecule has 0 bridgehead atoms. The second-order valence-electron chi connectivity index (χ2n) is 6.67. The number of para-hydroxylation sites is 1. The number of carbonyl (C=O) groups excluding carboxylic acids is 2. The van der Waals surface area contributed by atoms with Crippen LogP contribution in [0.4, 0.5) is 5.69 Å². The Hall–Kier alpha value is -3.93. The maximum atomic E-state index is 12.3. The molecule has 144 valence electrons. The molecule has 0 unspecified atom stereocenters. The summed E-state index contributed by atoms with van der Waals surface area (Å²) in [5.41, 5.74) is 3.21. The van der Waals surface area contributed by atoms with Crippen molar-refractivity contribution in [1.29, 1.82) is 0 Å². The molecule has 0 saturated carbocycles. The number of pyridine rings is 1. The molecule has 2 amide bonds. The zero-order valence-corrected chi connectivity index (χ0v) is 15.7. The molecule has 4 rings (SSSR count). The number of hydrogen-bond acceptors (Lipinski definition) is 3. The molecule has 2 aromatic carbocycles. The Labute approximate surface area is 168 Å². The van der Waals surface area contributed by atoms with Crippen LogP contribution in [-0.4, -0.2) is 21.4 Å². The molecule has 2 heterocycles. The average Bonchev–Trinajstić information content (AvgIpc) is 3.16. The topological polar surface area (TPSA) is 76.0 Å². The van der Waals surface area contributed by atoms with Gasteiger partial charge < -0.3 is 15.2 Å². The smallest absolute Gasteiger partial charge is 0.255 e. The van der Waals surface area contributed by atoms with E-state index in [1.165, 1.54) is 0 Å². The second kappa shape index (κ2) is 8.39. The number of nitrogens with zero attached hydrogens (tertiary/aromatic N) is 2. The van der Waals surface area contributed by atoms with Gasteiger partial charge in [-0.3, -0.25) is 14.6 Å². The SMILES string of the molecule is O=C(Cn1ccc2ccccc21)NCc1ccc(C(=O)Nc2ccncc2)cc1. The fraction of sp³-hybridized carbons (Fsp3) is 0.0870. The van der Waals surface area contributed by atoms with Gasteiger partial charge in [0, 0.05) is 41.9 Å². The van der Waals surface area contributed by atoms with Gasteiger partial charge in [-0.25, -0.2) is 0 Å². The van der Waals surface area contributed by atoms with Crippen LogP contribution in [0.25, 0.3) is 10.9 Å². The summed E-state index contributed by atoms with van der Waals surface area (Å²) in [5, 5.41) is 6.85. The van der Waals surface area contributed by atoms with Crippen LogP contribution in [0.15, 0.2) is 85.3 Å². The number of amides is 2. The Bertz CT molecular complexity index is 1130. The Kier molecular flexibility index (Phi) is 5.33. The van der Waals surface area contributed by atoms with Crippen molar-refractivity contribution in [3.8, 4) is 0 Å². The third kappa shape index (κ3) is 4.50. The first kappa shape index (κ1) is 18.4. The summed E-state index contributed by atoms with van der Waals surface area (Å²) in [6.07, 6.45) is 5.16. The molecule has 0 radical (unpaired) electrons. The highest BCUT2D eigenvalue weighted by atomic mass is 16.2. The van der Waals surface area contributed by atoms with Crippen molar-refractivity contribution in [2.45, 2.75) is 13.1 Å². The van der Waals surface area contributed by atoms with Gasteiger partial charge in [0.05, 0.1) is 0 Å². The highest BCUT2D eigenvalue weighted by Crippen LogP contribution is 2.15. The minimum atomic E-state index is -0.189. The van der Waals surface area contributed by atoms with E-state index in [1.807, 2.05) is 53.2 Å². The first-order valence-electron chi connectivity index (χ1n) is 9.30. The quantitative estimate of drug-likeness (QED) is 0.533. The van der Waals surface area contributed by atoms with Gasteiger partial charge in [0.2, 0.25) is 5.91 Å². The normalized spacial score (nSPS) is 10.6. The van der Waals surface area contributed by atoms with E-state index in [9.17, 15) is 9.59 Å². The Morgan fingerprint density at radius 1 is 0.897 bits per heavy atom. The molecule has 29 heavy (non-hydrogen) atoms. The van der Waals surface area contributed by atoms with Gasteiger partial charge in [-0.1, -0.05) is 30.3 Å². The molecule has 0 atom stereocenters. The van der Waals surface area contributed by atoms with Crippen molar-refractivity contribution in [1.82, 2.24) is 14.9 Å². The van der Waals surface area contributed by atoms with Gasteiger partial charge in [0.15, 0.2) is 0 Å². The molecule has 6 heteroatoms. The number of rotatable bonds is 6. The molecule has 0 aliphatic rings. The molecular weight excluding hydrogens is 364 g/mol. The van der Waals surface area contributed by atoms with Crippen LogP contribution < -0.4 is 10.6 Å². The van der Waals surface area contributed by atoms with E-state index in [0.29, 0.717) is 17.8 Å². The summed E-state index contributed by atoms with van der Waals surface area (Å²) in [6, 6.07) is 20.6. The van der Waals surface area contributed by atoms with Gasteiger partial charge in [0.25, 0.3) is 5.91 Å². The van der Waals surface area contributed by atoms with Crippen molar-refractivity contribution in [2.24, 2.45) is 0 Å².